The Bertz CT molecular complexity index is 394. The number of carbonyl (C=O) groups excluding carboxylic acids is 1. The van der Waals surface area contributed by atoms with Gasteiger partial charge in [-0.25, -0.2) is 0 Å². The lowest BCUT2D eigenvalue weighted by atomic mass is 10.1. The lowest BCUT2D eigenvalue weighted by molar-refractivity contribution is 0.0930. The quantitative estimate of drug-likeness (QED) is 0.844. The molecule has 1 amide bonds. The number of amides is 1. The molecule has 1 aromatic carbocycles. The molecule has 1 heterocycles. The molecule has 1 aliphatic rings. The first-order valence-electron chi connectivity index (χ1n) is 6.46. The van der Waals surface area contributed by atoms with Gasteiger partial charge in [0.2, 0.25) is 0 Å². The first-order chi connectivity index (χ1) is 8.66. The lowest BCUT2D eigenvalue weighted by Gasteiger charge is -2.23. The van der Waals surface area contributed by atoms with Gasteiger partial charge in [0, 0.05) is 37.9 Å². The van der Waals surface area contributed by atoms with Crippen LogP contribution in [0.3, 0.4) is 0 Å². The second-order valence-electron chi connectivity index (χ2n) is 4.96. The fourth-order valence-electron chi connectivity index (χ4n) is 2.15. The second kappa shape index (κ2) is 5.87. The lowest BCUT2D eigenvalue weighted by Crippen LogP contribution is -2.45. The summed E-state index contributed by atoms with van der Waals surface area (Å²) in [6.45, 7) is 1.94. The molecule has 98 valence electrons. The molecule has 0 aromatic heterocycles. The zero-order chi connectivity index (χ0) is 13.0. The number of anilines is 1. The number of carbonyl (C=O) groups is 1. The summed E-state index contributed by atoms with van der Waals surface area (Å²) in [4.78, 5) is 14.1. The first-order valence-corrected chi connectivity index (χ1v) is 6.46. The van der Waals surface area contributed by atoms with Gasteiger partial charge in [-0.05, 0) is 43.7 Å². The van der Waals surface area contributed by atoms with Crippen molar-refractivity contribution >= 4 is 11.6 Å². The minimum atomic E-state index is 0.0222. The van der Waals surface area contributed by atoms with Crippen molar-refractivity contribution in [1.29, 1.82) is 0 Å². The van der Waals surface area contributed by atoms with Crippen LogP contribution in [0.15, 0.2) is 24.3 Å². The summed E-state index contributed by atoms with van der Waals surface area (Å²) in [6, 6.07) is 7.95. The van der Waals surface area contributed by atoms with Crippen molar-refractivity contribution in [2.45, 2.75) is 18.9 Å². The molecule has 1 saturated heterocycles. The maximum Gasteiger partial charge on any atom is 0.251 e. The van der Waals surface area contributed by atoms with Crippen LogP contribution >= 0.6 is 0 Å². The van der Waals surface area contributed by atoms with Crippen LogP contribution in [-0.4, -0.2) is 39.1 Å². The minimum Gasteiger partial charge on any atom is -0.378 e. The summed E-state index contributed by atoms with van der Waals surface area (Å²) in [5.41, 5.74) is 1.83. The van der Waals surface area contributed by atoms with Gasteiger partial charge in [0.05, 0.1) is 0 Å². The van der Waals surface area contributed by atoms with Crippen LogP contribution in [0.5, 0.6) is 0 Å². The Balaban J connectivity index is 1.95. The molecule has 2 rings (SSSR count). The van der Waals surface area contributed by atoms with E-state index >= 15 is 0 Å². The summed E-state index contributed by atoms with van der Waals surface area (Å²) in [7, 11) is 3.98. The monoisotopic (exact) mass is 247 g/mol. The van der Waals surface area contributed by atoms with Crippen LogP contribution in [0.1, 0.15) is 23.2 Å². The third-order valence-corrected chi connectivity index (χ3v) is 3.28. The molecule has 1 fully saturated rings. The van der Waals surface area contributed by atoms with Gasteiger partial charge in [0.25, 0.3) is 5.91 Å². The molecule has 18 heavy (non-hydrogen) atoms. The minimum absolute atomic E-state index is 0.0222. The van der Waals surface area contributed by atoms with Crippen molar-refractivity contribution in [3.8, 4) is 0 Å². The number of piperidine rings is 1. The van der Waals surface area contributed by atoms with Crippen molar-refractivity contribution in [2.24, 2.45) is 0 Å². The highest BCUT2D eigenvalue weighted by molar-refractivity contribution is 5.94. The third-order valence-electron chi connectivity index (χ3n) is 3.28. The van der Waals surface area contributed by atoms with Crippen molar-refractivity contribution in [3.05, 3.63) is 29.8 Å². The maximum atomic E-state index is 12.0. The van der Waals surface area contributed by atoms with E-state index in [4.69, 9.17) is 0 Å². The molecule has 0 radical (unpaired) electrons. The predicted molar refractivity (Wildman–Crippen MR) is 74.1 cm³/mol. The Labute approximate surface area is 108 Å². The highest BCUT2D eigenvalue weighted by atomic mass is 16.1. The standard InChI is InChI=1S/C14H21N3O/c1-17(2)13-7-5-11(6-8-13)14(18)16-12-4-3-9-15-10-12/h5-8,12,15H,3-4,9-10H2,1-2H3,(H,16,18). The molecule has 0 spiro atoms. The fraction of sp³-hybridized carbons (Fsp3) is 0.500. The number of benzene rings is 1. The van der Waals surface area contributed by atoms with E-state index in [0.717, 1.165) is 37.2 Å². The maximum absolute atomic E-state index is 12.0. The molecule has 0 bridgehead atoms. The van der Waals surface area contributed by atoms with Gasteiger partial charge in [-0.1, -0.05) is 0 Å². The van der Waals surface area contributed by atoms with E-state index in [-0.39, 0.29) is 11.9 Å². The summed E-state index contributed by atoms with van der Waals surface area (Å²) in [5.74, 6) is 0.0222. The van der Waals surface area contributed by atoms with Gasteiger partial charge in [-0.3, -0.25) is 4.79 Å². The van der Waals surface area contributed by atoms with Crippen LogP contribution in [0.25, 0.3) is 0 Å². The number of nitrogens with zero attached hydrogens (tertiary/aromatic N) is 1. The Morgan fingerprint density at radius 3 is 2.61 bits per heavy atom. The third kappa shape index (κ3) is 3.23. The molecular formula is C14H21N3O. The van der Waals surface area contributed by atoms with Crippen molar-refractivity contribution in [2.75, 3.05) is 32.1 Å². The number of hydrogen-bond donors (Lipinski definition) is 2. The summed E-state index contributed by atoms with van der Waals surface area (Å²) in [6.07, 6.45) is 2.19. The molecular weight excluding hydrogens is 226 g/mol. The van der Waals surface area contributed by atoms with E-state index in [1.54, 1.807) is 0 Å². The Morgan fingerprint density at radius 2 is 2.06 bits per heavy atom. The molecule has 0 aliphatic carbocycles. The molecule has 1 unspecified atom stereocenters. The highest BCUT2D eigenvalue weighted by Gasteiger charge is 2.16. The second-order valence-corrected chi connectivity index (χ2v) is 4.96. The molecule has 4 nitrogen and oxygen atoms in total. The van der Waals surface area contributed by atoms with Gasteiger partial charge >= 0.3 is 0 Å². The van der Waals surface area contributed by atoms with E-state index in [1.807, 2.05) is 43.3 Å². The molecule has 0 saturated carbocycles. The van der Waals surface area contributed by atoms with E-state index in [1.165, 1.54) is 0 Å². The zero-order valence-corrected chi connectivity index (χ0v) is 11.1. The van der Waals surface area contributed by atoms with Crippen LogP contribution < -0.4 is 15.5 Å². The van der Waals surface area contributed by atoms with E-state index < -0.39 is 0 Å². The summed E-state index contributed by atoms with van der Waals surface area (Å²) >= 11 is 0. The van der Waals surface area contributed by atoms with Gasteiger partial charge in [0.15, 0.2) is 0 Å². The average molecular weight is 247 g/mol. The van der Waals surface area contributed by atoms with E-state index in [9.17, 15) is 4.79 Å². The molecule has 2 N–H and O–H groups in total. The van der Waals surface area contributed by atoms with Crippen LogP contribution in [0, 0.1) is 0 Å². The normalized spacial score (nSPS) is 19.3. The average Bonchev–Trinajstić information content (AvgIpc) is 2.40. The highest BCUT2D eigenvalue weighted by Crippen LogP contribution is 2.12. The van der Waals surface area contributed by atoms with Crippen molar-refractivity contribution in [3.63, 3.8) is 0 Å². The van der Waals surface area contributed by atoms with Crippen molar-refractivity contribution < 1.29 is 4.79 Å². The Morgan fingerprint density at radius 1 is 1.33 bits per heavy atom. The Hall–Kier alpha value is -1.55. The van der Waals surface area contributed by atoms with Gasteiger partial charge < -0.3 is 15.5 Å². The molecule has 1 aromatic rings. The SMILES string of the molecule is CN(C)c1ccc(C(=O)NC2CCCNC2)cc1. The van der Waals surface area contributed by atoms with Gasteiger partial charge in [0.1, 0.15) is 0 Å². The summed E-state index contributed by atoms with van der Waals surface area (Å²) < 4.78 is 0. The first kappa shape index (κ1) is 12.9. The Kier molecular flexibility index (Phi) is 4.20. The number of rotatable bonds is 3. The largest absolute Gasteiger partial charge is 0.378 e. The zero-order valence-electron chi connectivity index (χ0n) is 11.1. The topological polar surface area (TPSA) is 44.4 Å². The fourth-order valence-corrected chi connectivity index (χ4v) is 2.15. The number of nitrogens with one attached hydrogen (secondary N) is 2. The van der Waals surface area contributed by atoms with Crippen LogP contribution in [0.2, 0.25) is 0 Å². The van der Waals surface area contributed by atoms with E-state index in [0.29, 0.717) is 0 Å². The van der Waals surface area contributed by atoms with E-state index in [2.05, 4.69) is 10.6 Å². The van der Waals surface area contributed by atoms with Crippen LogP contribution in [-0.2, 0) is 0 Å². The molecule has 4 heteroatoms. The predicted octanol–water partition coefficient (Wildman–Crippen LogP) is 1.23. The van der Waals surface area contributed by atoms with Gasteiger partial charge in [-0.15, -0.1) is 0 Å². The smallest absolute Gasteiger partial charge is 0.251 e. The number of hydrogen-bond acceptors (Lipinski definition) is 3. The van der Waals surface area contributed by atoms with Crippen molar-refractivity contribution in [1.82, 2.24) is 10.6 Å². The molecule has 1 atom stereocenters. The van der Waals surface area contributed by atoms with Gasteiger partial charge in [-0.2, -0.15) is 0 Å². The van der Waals surface area contributed by atoms with Crippen LogP contribution in [0.4, 0.5) is 5.69 Å². The summed E-state index contributed by atoms with van der Waals surface area (Å²) in [5, 5.41) is 6.36. The molecule has 1 aliphatic heterocycles.